The normalized spacial score (nSPS) is 38.3. The Morgan fingerprint density at radius 1 is 1.31 bits per heavy atom. The van der Waals surface area contributed by atoms with Gasteiger partial charge in [0.15, 0.2) is 0 Å². The quantitative estimate of drug-likeness (QED) is 0.687. The molecule has 0 saturated heterocycles. The minimum Gasteiger partial charge on any atom is -0.396 e. The van der Waals surface area contributed by atoms with Gasteiger partial charge in [-0.05, 0) is 30.6 Å². The summed E-state index contributed by atoms with van der Waals surface area (Å²) in [6.07, 6.45) is 2.69. The molecule has 0 unspecified atom stereocenters. The van der Waals surface area contributed by atoms with Crippen molar-refractivity contribution >= 4 is 0 Å². The summed E-state index contributed by atoms with van der Waals surface area (Å²) in [5.74, 6) is 1.33. The topological polar surface area (TPSA) is 40.5 Å². The van der Waals surface area contributed by atoms with Crippen LogP contribution >= 0.6 is 0 Å². The number of aliphatic hydroxyl groups excluding tert-OH is 1. The standard InChI is InChI=1S/C11H22O2/c1-4-9-10(5-6-12)11(9,13)7-8(2)3/h8-10,12-13H,4-7H2,1-3H3/t9-,10-,11+/m1/s1. The van der Waals surface area contributed by atoms with Crippen LogP contribution in [0.4, 0.5) is 0 Å². The average Bonchev–Trinajstić information content (AvgIpc) is 2.54. The molecule has 0 aromatic heterocycles. The second-order valence-electron chi connectivity index (χ2n) is 4.72. The zero-order valence-electron chi connectivity index (χ0n) is 8.95. The fourth-order valence-corrected chi connectivity index (χ4v) is 2.77. The van der Waals surface area contributed by atoms with E-state index in [0.29, 0.717) is 17.8 Å². The molecule has 0 spiro atoms. The molecule has 0 radical (unpaired) electrons. The van der Waals surface area contributed by atoms with Crippen LogP contribution in [0.5, 0.6) is 0 Å². The Morgan fingerprint density at radius 3 is 2.31 bits per heavy atom. The third-order valence-corrected chi connectivity index (χ3v) is 3.28. The highest BCUT2D eigenvalue weighted by Gasteiger charge is 2.61. The van der Waals surface area contributed by atoms with Crippen LogP contribution in [0.1, 0.15) is 40.0 Å². The summed E-state index contributed by atoms with van der Waals surface area (Å²) in [4.78, 5) is 0. The fraction of sp³-hybridized carbons (Fsp3) is 1.00. The van der Waals surface area contributed by atoms with Gasteiger partial charge >= 0.3 is 0 Å². The highest BCUT2D eigenvalue weighted by molar-refractivity contribution is 5.11. The maximum absolute atomic E-state index is 10.2. The van der Waals surface area contributed by atoms with Gasteiger partial charge in [0.25, 0.3) is 0 Å². The van der Waals surface area contributed by atoms with Gasteiger partial charge in [0.05, 0.1) is 5.60 Å². The Kier molecular flexibility index (Phi) is 3.36. The molecule has 2 heteroatoms. The van der Waals surface area contributed by atoms with Crippen LogP contribution in [-0.2, 0) is 0 Å². The molecule has 0 bridgehead atoms. The summed E-state index contributed by atoms with van der Waals surface area (Å²) in [7, 11) is 0. The van der Waals surface area contributed by atoms with Gasteiger partial charge in [0.1, 0.15) is 0 Å². The predicted molar refractivity (Wildman–Crippen MR) is 53.4 cm³/mol. The van der Waals surface area contributed by atoms with Crippen LogP contribution in [0, 0.1) is 17.8 Å². The first kappa shape index (κ1) is 11.0. The molecule has 2 nitrogen and oxygen atoms in total. The summed E-state index contributed by atoms with van der Waals surface area (Å²) >= 11 is 0. The smallest absolute Gasteiger partial charge is 0.0714 e. The van der Waals surface area contributed by atoms with Crippen molar-refractivity contribution in [3.63, 3.8) is 0 Å². The molecular formula is C11H22O2. The second-order valence-corrected chi connectivity index (χ2v) is 4.72. The van der Waals surface area contributed by atoms with Crippen molar-refractivity contribution in [1.29, 1.82) is 0 Å². The largest absolute Gasteiger partial charge is 0.396 e. The first-order valence-corrected chi connectivity index (χ1v) is 5.39. The van der Waals surface area contributed by atoms with Gasteiger partial charge in [-0.2, -0.15) is 0 Å². The Bertz CT molecular complexity index is 167. The number of aliphatic hydroxyl groups is 2. The molecule has 2 N–H and O–H groups in total. The Balaban J connectivity index is 2.49. The average molecular weight is 186 g/mol. The van der Waals surface area contributed by atoms with Crippen LogP contribution in [0.3, 0.4) is 0 Å². The summed E-state index contributed by atoms with van der Waals surface area (Å²) < 4.78 is 0. The molecule has 0 aromatic rings. The molecule has 1 rings (SSSR count). The van der Waals surface area contributed by atoms with Gasteiger partial charge in [-0.3, -0.25) is 0 Å². The zero-order valence-corrected chi connectivity index (χ0v) is 8.95. The lowest BCUT2D eigenvalue weighted by Crippen LogP contribution is -2.16. The minimum atomic E-state index is -0.453. The maximum atomic E-state index is 10.2. The molecule has 13 heavy (non-hydrogen) atoms. The van der Waals surface area contributed by atoms with Crippen molar-refractivity contribution in [2.24, 2.45) is 17.8 Å². The van der Waals surface area contributed by atoms with E-state index >= 15 is 0 Å². The van der Waals surface area contributed by atoms with Gasteiger partial charge in [-0.15, -0.1) is 0 Å². The van der Waals surface area contributed by atoms with Crippen molar-refractivity contribution in [3.05, 3.63) is 0 Å². The first-order chi connectivity index (χ1) is 6.06. The van der Waals surface area contributed by atoms with Gasteiger partial charge in [0.2, 0.25) is 0 Å². The van der Waals surface area contributed by atoms with E-state index in [0.717, 1.165) is 19.3 Å². The van der Waals surface area contributed by atoms with Crippen LogP contribution in [0.25, 0.3) is 0 Å². The molecule has 78 valence electrons. The summed E-state index contributed by atoms with van der Waals surface area (Å²) in [5.41, 5.74) is -0.453. The van der Waals surface area contributed by atoms with E-state index in [-0.39, 0.29) is 6.61 Å². The number of rotatable bonds is 5. The van der Waals surface area contributed by atoms with Gasteiger partial charge in [-0.25, -0.2) is 0 Å². The number of hydrogen-bond acceptors (Lipinski definition) is 2. The highest BCUT2D eigenvalue weighted by atomic mass is 16.3. The summed E-state index contributed by atoms with van der Waals surface area (Å²) in [6, 6.07) is 0. The lowest BCUT2D eigenvalue weighted by Gasteiger charge is -2.13. The van der Waals surface area contributed by atoms with Gasteiger partial charge in [0, 0.05) is 6.61 Å². The molecule has 1 saturated carbocycles. The zero-order chi connectivity index (χ0) is 10.1. The molecule has 0 amide bonds. The summed E-state index contributed by atoms with van der Waals surface area (Å²) in [6.45, 7) is 6.60. The molecule has 0 heterocycles. The maximum Gasteiger partial charge on any atom is 0.0714 e. The lowest BCUT2D eigenvalue weighted by molar-refractivity contribution is 0.0882. The Morgan fingerprint density at radius 2 is 1.92 bits per heavy atom. The Hall–Kier alpha value is -0.0800. The SMILES string of the molecule is CC[C@@H]1[C@@H](CCO)[C@]1(O)CC(C)C. The molecular weight excluding hydrogens is 164 g/mol. The van der Waals surface area contributed by atoms with Crippen molar-refractivity contribution in [2.75, 3.05) is 6.61 Å². The third-order valence-electron chi connectivity index (χ3n) is 3.28. The van der Waals surface area contributed by atoms with Crippen molar-refractivity contribution in [1.82, 2.24) is 0 Å². The van der Waals surface area contributed by atoms with E-state index in [4.69, 9.17) is 5.11 Å². The molecule has 1 fully saturated rings. The van der Waals surface area contributed by atoms with Crippen LogP contribution in [0.2, 0.25) is 0 Å². The van der Waals surface area contributed by atoms with Crippen LogP contribution in [-0.4, -0.2) is 22.4 Å². The van der Waals surface area contributed by atoms with E-state index in [2.05, 4.69) is 20.8 Å². The molecule has 0 aliphatic heterocycles. The van der Waals surface area contributed by atoms with Crippen LogP contribution in [0.15, 0.2) is 0 Å². The molecule has 1 aliphatic rings. The fourth-order valence-electron chi connectivity index (χ4n) is 2.77. The van der Waals surface area contributed by atoms with Crippen LogP contribution < -0.4 is 0 Å². The van der Waals surface area contributed by atoms with E-state index in [1.165, 1.54) is 0 Å². The van der Waals surface area contributed by atoms with Gasteiger partial charge < -0.3 is 10.2 Å². The summed E-state index contributed by atoms with van der Waals surface area (Å²) in [5, 5.41) is 19.1. The Labute approximate surface area is 81.0 Å². The van der Waals surface area contributed by atoms with E-state index in [1.54, 1.807) is 0 Å². The van der Waals surface area contributed by atoms with Crippen molar-refractivity contribution < 1.29 is 10.2 Å². The lowest BCUT2D eigenvalue weighted by atomic mass is 10.0. The molecule has 1 aliphatic carbocycles. The molecule has 0 aromatic carbocycles. The first-order valence-electron chi connectivity index (χ1n) is 5.39. The monoisotopic (exact) mass is 186 g/mol. The van der Waals surface area contributed by atoms with Crippen molar-refractivity contribution in [3.8, 4) is 0 Å². The highest BCUT2D eigenvalue weighted by Crippen LogP contribution is 2.57. The predicted octanol–water partition coefficient (Wildman–Crippen LogP) is 1.80. The van der Waals surface area contributed by atoms with Gasteiger partial charge in [-0.1, -0.05) is 27.2 Å². The second kappa shape index (κ2) is 3.97. The van der Waals surface area contributed by atoms with E-state index in [1.807, 2.05) is 0 Å². The van der Waals surface area contributed by atoms with E-state index < -0.39 is 5.60 Å². The van der Waals surface area contributed by atoms with E-state index in [9.17, 15) is 5.11 Å². The number of hydrogen-bond donors (Lipinski definition) is 2. The molecule has 3 atom stereocenters. The minimum absolute atomic E-state index is 0.210. The van der Waals surface area contributed by atoms with Crippen molar-refractivity contribution in [2.45, 2.75) is 45.6 Å². The third kappa shape index (κ3) is 2.05.